The molecular formula is C16H17N3O2S. The van der Waals surface area contributed by atoms with E-state index in [0.29, 0.717) is 24.5 Å². The molecule has 0 saturated heterocycles. The SMILES string of the molecule is Cc1cc(C(=O)N(Cc2cccs2)Cc2cccn2C)no1. The summed E-state index contributed by atoms with van der Waals surface area (Å²) in [5.41, 5.74) is 1.42. The van der Waals surface area contributed by atoms with E-state index in [4.69, 9.17) is 4.52 Å². The number of aryl methyl sites for hydroxylation is 2. The normalized spacial score (nSPS) is 10.8. The Kier molecular flexibility index (Phi) is 4.11. The lowest BCUT2D eigenvalue weighted by atomic mass is 10.3. The van der Waals surface area contributed by atoms with Gasteiger partial charge < -0.3 is 14.0 Å². The molecule has 1 amide bonds. The van der Waals surface area contributed by atoms with E-state index in [-0.39, 0.29) is 5.91 Å². The molecular weight excluding hydrogens is 298 g/mol. The van der Waals surface area contributed by atoms with Crippen molar-refractivity contribution in [2.75, 3.05) is 0 Å². The van der Waals surface area contributed by atoms with Crippen LogP contribution in [0.4, 0.5) is 0 Å². The van der Waals surface area contributed by atoms with E-state index in [2.05, 4.69) is 5.16 Å². The maximum absolute atomic E-state index is 12.7. The second kappa shape index (κ2) is 6.19. The average Bonchev–Trinajstić information content (AvgIpc) is 3.22. The molecule has 5 nitrogen and oxygen atoms in total. The molecule has 3 heterocycles. The molecule has 0 aliphatic carbocycles. The second-order valence-electron chi connectivity index (χ2n) is 5.17. The highest BCUT2D eigenvalue weighted by Crippen LogP contribution is 2.17. The summed E-state index contributed by atoms with van der Waals surface area (Å²) in [6.45, 7) is 2.88. The third-order valence-corrected chi connectivity index (χ3v) is 4.33. The van der Waals surface area contributed by atoms with Crippen molar-refractivity contribution in [2.45, 2.75) is 20.0 Å². The Bertz CT molecular complexity index is 758. The number of thiophene rings is 1. The van der Waals surface area contributed by atoms with Gasteiger partial charge in [0.05, 0.1) is 13.1 Å². The van der Waals surface area contributed by atoms with Crippen LogP contribution in [0, 0.1) is 6.92 Å². The fraction of sp³-hybridized carbons (Fsp3) is 0.250. The predicted octanol–water partition coefficient (Wildman–Crippen LogP) is 3.23. The standard InChI is InChI=1S/C16H17N3O2S/c1-12-9-15(17-21-12)16(20)19(11-14-6-4-8-22-14)10-13-5-3-7-18(13)2/h3-9H,10-11H2,1-2H3. The smallest absolute Gasteiger partial charge is 0.276 e. The van der Waals surface area contributed by atoms with Crippen LogP contribution in [0.3, 0.4) is 0 Å². The first kappa shape index (κ1) is 14.6. The van der Waals surface area contributed by atoms with Gasteiger partial charge in [0.1, 0.15) is 5.76 Å². The summed E-state index contributed by atoms with van der Waals surface area (Å²) in [6.07, 6.45) is 1.98. The van der Waals surface area contributed by atoms with Gasteiger partial charge in [-0.05, 0) is 30.5 Å². The fourth-order valence-corrected chi connectivity index (χ4v) is 3.00. The molecule has 0 spiro atoms. The Morgan fingerprint density at radius 1 is 1.36 bits per heavy atom. The molecule has 0 aromatic carbocycles. The summed E-state index contributed by atoms with van der Waals surface area (Å²) in [5.74, 6) is 0.518. The van der Waals surface area contributed by atoms with E-state index in [1.807, 2.05) is 47.5 Å². The van der Waals surface area contributed by atoms with Gasteiger partial charge in [0.25, 0.3) is 5.91 Å². The van der Waals surface area contributed by atoms with Crippen molar-refractivity contribution in [1.82, 2.24) is 14.6 Å². The minimum absolute atomic E-state index is 0.119. The van der Waals surface area contributed by atoms with Crippen LogP contribution in [0.2, 0.25) is 0 Å². The molecule has 22 heavy (non-hydrogen) atoms. The second-order valence-corrected chi connectivity index (χ2v) is 6.21. The van der Waals surface area contributed by atoms with Crippen molar-refractivity contribution in [1.29, 1.82) is 0 Å². The lowest BCUT2D eigenvalue weighted by Crippen LogP contribution is -2.30. The van der Waals surface area contributed by atoms with Crippen molar-refractivity contribution in [3.63, 3.8) is 0 Å². The first-order valence-corrected chi connectivity index (χ1v) is 7.86. The van der Waals surface area contributed by atoms with E-state index in [1.165, 1.54) is 0 Å². The van der Waals surface area contributed by atoms with Crippen LogP contribution in [0.15, 0.2) is 46.4 Å². The van der Waals surface area contributed by atoms with Crippen LogP contribution in [-0.4, -0.2) is 20.5 Å². The largest absolute Gasteiger partial charge is 0.361 e. The zero-order valence-corrected chi connectivity index (χ0v) is 13.3. The number of carbonyl (C=O) groups is 1. The third-order valence-electron chi connectivity index (χ3n) is 3.47. The molecule has 0 N–H and O–H groups in total. The molecule has 0 radical (unpaired) electrons. The number of nitrogens with zero attached hydrogens (tertiary/aromatic N) is 3. The van der Waals surface area contributed by atoms with Gasteiger partial charge in [-0.25, -0.2) is 0 Å². The Morgan fingerprint density at radius 2 is 2.23 bits per heavy atom. The number of hydrogen-bond donors (Lipinski definition) is 0. The van der Waals surface area contributed by atoms with Gasteiger partial charge >= 0.3 is 0 Å². The molecule has 0 bridgehead atoms. The maximum Gasteiger partial charge on any atom is 0.276 e. The molecule has 0 aliphatic heterocycles. The first-order valence-electron chi connectivity index (χ1n) is 6.98. The molecule has 0 fully saturated rings. The Morgan fingerprint density at radius 3 is 2.82 bits per heavy atom. The van der Waals surface area contributed by atoms with E-state index in [0.717, 1.165) is 10.6 Å². The molecule has 0 unspecified atom stereocenters. The highest BCUT2D eigenvalue weighted by atomic mass is 32.1. The third kappa shape index (κ3) is 3.12. The van der Waals surface area contributed by atoms with Gasteiger partial charge in [-0.2, -0.15) is 0 Å². The predicted molar refractivity (Wildman–Crippen MR) is 84.5 cm³/mol. The Balaban J connectivity index is 1.85. The topological polar surface area (TPSA) is 51.3 Å². The summed E-state index contributed by atoms with van der Waals surface area (Å²) in [6, 6.07) is 9.69. The van der Waals surface area contributed by atoms with Crippen molar-refractivity contribution >= 4 is 17.2 Å². The van der Waals surface area contributed by atoms with E-state index >= 15 is 0 Å². The lowest BCUT2D eigenvalue weighted by Gasteiger charge is -2.21. The molecule has 0 atom stereocenters. The molecule has 114 valence electrons. The summed E-state index contributed by atoms with van der Waals surface area (Å²) in [7, 11) is 1.98. The van der Waals surface area contributed by atoms with Crippen LogP contribution in [0.5, 0.6) is 0 Å². The van der Waals surface area contributed by atoms with Crippen molar-refractivity contribution < 1.29 is 9.32 Å². The quantitative estimate of drug-likeness (QED) is 0.726. The van der Waals surface area contributed by atoms with Gasteiger partial charge in [0.2, 0.25) is 0 Å². The van der Waals surface area contributed by atoms with Crippen LogP contribution in [0.1, 0.15) is 26.8 Å². The molecule has 0 saturated carbocycles. The summed E-state index contributed by atoms with van der Waals surface area (Å²) >= 11 is 1.64. The van der Waals surface area contributed by atoms with Crippen LogP contribution >= 0.6 is 11.3 Å². The van der Waals surface area contributed by atoms with Gasteiger partial charge in [-0.15, -0.1) is 11.3 Å². The number of aromatic nitrogens is 2. The average molecular weight is 315 g/mol. The zero-order chi connectivity index (χ0) is 15.5. The van der Waals surface area contributed by atoms with Crippen LogP contribution < -0.4 is 0 Å². The van der Waals surface area contributed by atoms with Gasteiger partial charge in [0.15, 0.2) is 5.69 Å². The Labute approximate surface area is 132 Å². The monoisotopic (exact) mass is 315 g/mol. The van der Waals surface area contributed by atoms with Gasteiger partial charge in [-0.1, -0.05) is 11.2 Å². The lowest BCUT2D eigenvalue weighted by molar-refractivity contribution is 0.0717. The number of carbonyl (C=O) groups excluding carboxylic acids is 1. The zero-order valence-electron chi connectivity index (χ0n) is 12.5. The summed E-state index contributed by atoms with van der Waals surface area (Å²) < 4.78 is 7.05. The molecule has 0 aliphatic rings. The van der Waals surface area contributed by atoms with E-state index < -0.39 is 0 Å². The highest BCUT2D eigenvalue weighted by molar-refractivity contribution is 7.09. The molecule has 3 aromatic heterocycles. The van der Waals surface area contributed by atoms with E-state index in [1.54, 1.807) is 29.2 Å². The van der Waals surface area contributed by atoms with Crippen molar-refractivity contribution in [3.8, 4) is 0 Å². The highest BCUT2D eigenvalue weighted by Gasteiger charge is 2.21. The number of amides is 1. The maximum atomic E-state index is 12.7. The minimum atomic E-state index is -0.119. The summed E-state index contributed by atoms with van der Waals surface area (Å²) in [4.78, 5) is 15.7. The van der Waals surface area contributed by atoms with Crippen molar-refractivity contribution in [3.05, 3.63) is 63.9 Å². The van der Waals surface area contributed by atoms with Gasteiger partial charge in [0, 0.05) is 29.9 Å². The number of hydrogen-bond acceptors (Lipinski definition) is 4. The Hall–Kier alpha value is -2.34. The van der Waals surface area contributed by atoms with Gasteiger partial charge in [-0.3, -0.25) is 4.79 Å². The molecule has 3 rings (SSSR count). The minimum Gasteiger partial charge on any atom is -0.361 e. The van der Waals surface area contributed by atoms with Crippen LogP contribution in [-0.2, 0) is 20.1 Å². The fourth-order valence-electron chi connectivity index (χ4n) is 2.28. The molecule has 6 heteroatoms. The van der Waals surface area contributed by atoms with Crippen LogP contribution in [0.25, 0.3) is 0 Å². The van der Waals surface area contributed by atoms with E-state index in [9.17, 15) is 4.79 Å². The van der Waals surface area contributed by atoms with Crippen molar-refractivity contribution in [2.24, 2.45) is 7.05 Å². The number of rotatable bonds is 5. The first-order chi connectivity index (χ1) is 10.6. The molecule has 3 aromatic rings. The summed E-state index contributed by atoms with van der Waals surface area (Å²) in [5, 5.41) is 5.86.